The summed E-state index contributed by atoms with van der Waals surface area (Å²) in [7, 11) is 0. The van der Waals surface area contributed by atoms with E-state index in [9.17, 15) is 9.90 Å². The average Bonchev–Trinajstić information content (AvgIpc) is 2.59. The van der Waals surface area contributed by atoms with Gasteiger partial charge in [-0.3, -0.25) is 4.90 Å². The highest BCUT2D eigenvalue weighted by Gasteiger charge is 2.29. The largest absolute Gasteiger partial charge is 0.465 e. The molecule has 0 atom stereocenters. The maximum Gasteiger partial charge on any atom is 0.407 e. The Hall–Kier alpha value is -1.75. The molecule has 4 nitrogen and oxygen atoms in total. The molecule has 0 unspecified atom stereocenters. The van der Waals surface area contributed by atoms with Crippen molar-refractivity contribution in [2.75, 3.05) is 26.2 Å². The first kappa shape index (κ1) is 19.0. The van der Waals surface area contributed by atoms with Gasteiger partial charge in [-0.2, -0.15) is 0 Å². The van der Waals surface area contributed by atoms with Crippen LogP contribution in [-0.4, -0.2) is 47.2 Å². The molecule has 1 fully saturated rings. The van der Waals surface area contributed by atoms with Crippen LogP contribution >= 0.6 is 23.2 Å². The molecule has 3 rings (SSSR count). The van der Waals surface area contributed by atoms with Crippen molar-refractivity contribution in [1.82, 2.24) is 9.80 Å². The first-order valence-electron chi connectivity index (χ1n) is 8.61. The molecular formula is C20H22Cl2N2O2. The summed E-state index contributed by atoms with van der Waals surface area (Å²) in [5.74, 6) is 0. The predicted molar refractivity (Wildman–Crippen MR) is 105 cm³/mol. The van der Waals surface area contributed by atoms with E-state index in [4.69, 9.17) is 23.2 Å². The van der Waals surface area contributed by atoms with Gasteiger partial charge in [-0.15, -0.1) is 0 Å². The third kappa shape index (κ3) is 3.98. The van der Waals surface area contributed by atoms with Crippen molar-refractivity contribution >= 4 is 29.3 Å². The quantitative estimate of drug-likeness (QED) is 0.799. The highest BCUT2D eigenvalue weighted by Crippen LogP contribution is 2.35. The Labute approximate surface area is 163 Å². The minimum atomic E-state index is -0.855. The number of aryl methyl sites for hydroxylation is 2. The van der Waals surface area contributed by atoms with Crippen LogP contribution in [0.2, 0.25) is 10.0 Å². The lowest BCUT2D eigenvalue weighted by atomic mass is 9.90. The Balaban J connectivity index is 2.01. The van der Waals surface area contributed by atoms with Crippen LogP contribution in [-0.2, 0) is 0 Å². The van der Waals surface area contributed by atoms with E-state index >= 15 is 0 Å². The Morgan fingerprint density at radius 1 is 0.923 bits per heavy atom. The van der Waals surface area contributed by atoms with Crippen LogP contribution in [0.5, 0.6) is 0 Å². The molecule has 1 saturated heterocycles. The lowest BCUT2D eigenvalue weighted by Crippen LogP contribution is -2.49. The second-order valence-electron chi connectivity index (χ2n) is 6.71. The molecule has 1 aliphatic heterocycles. The van der Waals surface area contributed by atoms with Crippen LogP contribution in [0.3, 0.4) is 0 Å². The summed E-state index contributed by atoms with van der Waals surface area (Å²) >= 11 is 12.3. The number of rotatable bonds is 3. The van der Waals surface area contributed by atoms with E-state index < -0.39 is 6.09 Å². The Kier molecular flexibility index (Phi) is 5.76. The van der Waals surface area contributed by atoms with Gasteiger partial charge in [0.1, 0.15) is 0 Å². The molecule has 1 aliphatic rings. The number of hydrogen-bond donors (Lipinski definition) is 1. The summed E-state index contributed by atoms with van der Waals surface area (Å²) in [5, 5.41) is 10.7. The van der Waals surface area contributed by atoms with Crippen LogP contribution < -0.4 is 0 Å². The third-order valence-corrected chi connectivity index (χ3v) is 5.47. The molecule has 26 heavy (non-hydrogen) atoms. The van der Waals surface area contributed by atoms with Gasteiger partial charge in [0.2, 0.25) is 0 Å². The number of nitrogens with zero attached hydrogens (tertiary/aromatic N) is 2. The normalized spacial score (nSPS) is 15.5. The number of halogens is 2. The van der Waals surface area contributed by atoms with E-state index in [1.165, 1.54) is 16.0 Å². The smallest absolute Gasteiger partial charge is 0.407 e. The van der Waals surface area contributed by atoms with Gasteiger partial charge in [-0.05, 0) is 60.4 Å². The van der Waals surface area contributed by atoms with Gasteiger partial charge in [-0.1, -0.05) is 35.3 Å². The summed E-state index contributed by atoms with van der Waals surface area (Å²) in [5.41, 5.74) is 4.61. The second-order valence-corrected chi connectivity index (χ2v) is 7.58. The highest BCUT2D eigenvalue weighted by atomic mass is 35.5. The molecule has 2 aromatic carbocycles. The summed E-state index contributed by atoms with van der Waals surface area (Å²) in [4.78, 5) is 15.0. The molecule has 0 aromatic heterocycles. The first-order valence-corrected chi connectivity index (χ1v) is 9.36. The number of amides is 1. The molecule has 0 radical (unpaired) electrons. The van der Waals surface area contributed by atoms with Gasteiger partial charge in [0.15, 0.2) is 0 Å². The van der Waals surface area contributed by atoms with E-state index in [1.54, 1.807) is 0 Å². The van der Waals surface area contributed by atoms with Gasteiger partial charge in [0.05, 0.1) is 6.04 Å². The van der Waals surface area contributed by atoms with Gasteiger partial charge in [0.25, 0.3) is 0 Å². The molecule has 138 valence electrons. The molecule has 0 saturated carbocycles. The number of piperazine rings is 1. The van der Waals surface area contributed by atoms with Crippen molar-refractivity contribution in [3.05, 3.63) is 68.7 Å². The summed E-state index contributed by atoms with van der Waals surface area (Å²) in [6.07, 6.45) is -0.855. The maximum atomic E-state index is 11.2. The zero-order chi connectivity index (χ0) is 18.8. The highest BCUT2D eigenvalue weighted by molar-refractivity contribution is 6.31. The summed E-state index contributed by atoms with van der Waals surface area (Å²) in [6, 6.07) is 12.0. The third-order valence-electron chi connectivity index (χ3n) is 5.00. The number of hydrogen-bond acceptors (Lipinski definition) is 2. The molecule has 6 heteroatoms. The van der Waals surface area contributed by atoms with Crippen molar-refractivity contribution < 1.29 is 9.90 Å². The van der Waals surface area contributed by atoms with Gasteiger partial charge >= 0.3 is 6.09 Å². The molecule has 0 bridgehead atoms. The second kappa shape index (κ2) is 7.87. The zero-order valence-corrected chi connectivity index (χ0v) is 16.4. The van der Waals surface area contributed by atoms with Crippen molar-refractivity contribution in [2.24, 2.45) is 0 Å². The van der Waals surface area contributed by atoms with Crippen LogP contribution in [0.15, 0.2) is 36.4 Å². The molecular weight excluding hydrogens is 371 g/mol. The fourth-order valence-corrected chi connectivity index (χ4v) is 4.08. The summed E-state index contributed by atoms with van der Waals surface area (Å²) < 4.78 is 0. The average molecular weight is 393 g/mol. The van der Waals surface area contributed by atoms with Gasteiger partial charge < -0.3 is 10.0 Å². The Morgan fingerprint density at radius 3 is 1.77 bits per heavy atom. The lowest BCUT2D eigenvalue weighted by molar-refractivity contribution is 0.0929. The molecule has 2 aromatic rings. The minimum Gasteiger partial charge on any atom is -0.465 e. The van der Waals surface area contributed by atoms with Crippen LogP contribution in [0.1, 0.15) is 28.3 Å². The molecule has 1 heterocycles. The SMILES string of the molecule is Cc1cc(Cl)ccc1C(c1ccc(Cl)cc1C)N1CCN(C(=O)O)CC1. The van der Waals surface area contributed by atoms with Gasteiger partial charge in [0, 0.05) is 36.2 Å². The summed E-state index contributed by atoms with van der Waals surface area (Å²) in [6.45, 7) is 6.50. The van der Waals surface area contributed by atoms with Crippen molar-refractivity contribution in [3.8, 4) is 0 Å². The van der Waals surface area contributed by atoms with Crippen molar-refractivity contribution in [1.29, 1.82) is 0 Å². The number of carboxylic acid groups (broad SMARTS) is 1. The number of carbonyl (C=O) groups is 1. The van der Waals surface area contributed by atoms with Crippen molar-refractivity contribution in [3.63, 3.8) is 0 Å². The first-order chi connectivity index (χ1) is 12.4. The van der Waals surface area contributed by atoms with Crippen LogP contribution in [0, 0.1) is 13.8 Å². The van der Waals surface area contributed by atoms with E-state index in [1.807, 2.05) is 24.3 Å². The van der Waals surface area contributed by atoms with E-state index in [2.05, 4.69) is 30.9 Å². The Morgan fingerprint density at radius 2 is 1.38 bits per heavy atom. The lowest BCUT2D eigenvalue weighted by Gasteiger charge is -2.39. The fourth-order valence-electron chi connectivity index (χ4n) is 3.62. The Bertz CT molecular complexity index is 766. The molecule has 1 N–H and O–H groups in total. The van der Waals surface area contributed by atoms with Gasteiger partial charge in [-0.25, -0.2) is 4.79 Å². The van der Waals surface area contributed by atoms with E-state index in [-0.39, 0.29) is 6.04 Å². The van der Waals surface area contributed by atoms with Crippen LogP contribution in [0.25, 0.3) is 0 Å². The standard InChI is InChI=1S/C20H22Cl2N2O2/c1-13-11-15(21)3-5-17(13)19(18-6-4-16(22)12-14(18)2)23-7-9-24(10-8-23)20(25)26/h3-6,11-12,19H,7-10H2,1-2H3,(H,25,26). The molecule has 0 aliphatic carbocycles. The topological polar surface area (TPSA) is 43.8 Å². The van der Waals surface area contributed by atoms with Crippen LogP contribution in [0.4, 0.5) is 4.79 Å². The molecule has 0 spiro atoms. The fraction of sp³-hybridized carbons (Fsp3) is 0.350. The zero-order valence-electron chi connectivity index (χ0n) is 14.9. The predicted octanol–water partition coefficient (Wildman–Crippen LogP) is 5.00. The monoisotopic (exact) mass is 392 g/mol. The minimum absolute atomic E-state index is 0.0421. The maximum absolute atomic E-state index is 11.2. The van der Waals surface area contributed by atoms with E-state index in [0.29, 0.717) is 36.2 Å². The number of benzene rings is 2. The van der Waals surface area contributed by atoms with Crippen molar-refractivity contribution in [2.45, 2.75) is 19.9 Å². The van der Waals surface area contributed by atoms with E-state index in [0.717, 1.165) is 11.1 Å². The molecule has 1 amide bonds.